The highest BCUT2D eigenvalue weighted by Crippen LogP contribution is 2.33. The Morgan fingerprint density at radius 3 is 2.53 bits per heavy atom. The first-order valence-electron chi connectivity index (χ1n) is 10.2. The van der Waals surface area contributed by atoms with Gasteiger partial charge in [0.2, 0.25) is 0 Å². The molecule has 0 spiro atoms. The summed E-state index contributed by atoms with van der Waals surface area (Å²) >= 11 is 0. The molecule has 176 valence electrons. The lowest BCUT2D eigenvalue weighted by Gasteiger charge is -2.14. The molecule has 1 amide bonds. The van der Waals surface area contributed by atoms with Gasteiger partial charge in [-0.05, 0) is 12.3 Å². The van der Waals surface area contributed by atoms with E-state index in [-0.39, 0.29) is 35.6 Å². The van der Waals surface area contributed by atoms with Gasteiger partial charge in [-0.2, -0.15) is 5.10 Å². The molecule has 4 rings (SSSR count). The van der Waals surface area contributed by atoms with Crippen molar-refractivity contribution in [2.75, 3.05) is 33.0 Å². The molecule has 1 aliphatic rings. The second-order valence-corrected chi connectivity index (χ2v) is 7.52. The number of carboxylic acid groups (broad SMARTS) is 1. The SMILES string of the molecule is C=Cc1cnc(N)c2c(C#Cc3c(F)c(OC)cc(OC)c3F)nn(C3CCN(C(=O)O)C3)c12. The van der Waals surface area contributed by atoms with Gasteiger partial charge in [0, 0.05) is 30.9 Å². The fourth-order valence-electron chi connectivity index (χ4n) is 3.95. The number of amides is 1. The van der Waals surface area contributed by atoms with Crippen LogP contribution in [0.5, 0.6) is 11.5 Å². The van der Waals surface area contributed by atoms with E-state index in [4.69, 9.17) is 15.2 Å². The fourth-order valence-corrected chi connectivity index (χ4v) is 3.95. The zero-order valence-electron chi connectivity index (χ0n) is 18.4. The number of rotatable bonds is 4. The summed E-state index contributed by atoms with van der Waals surface area (Å²) < 4.78 is 41.1. The average molecular weight is 469 g/mol. The van der Waals surface area contributed by atoms with E-state index in [1.54, 1.807) is 10.8 Å². The number of hydrogen-bond acceptors (Lipinski definition) is 6. The van der Waals surface area contributed by atoms with Gasteiger partial charge >= 0.3 is 6.09 Å². The Balaban J connectivity index is 1.91. The van der Waals surface area contributed by atoms with Crippen LogP contribution in [0.2, 0.25) is 0 Å². The normalized spacial score (nSPS) is 15.2. The van der Waals surface area contributed by atoms with Crippen LogP contribution in [0, 0.1) is 23.5 Å². The molecule has 34 heavy (non-hydrogen) atoms. The Kier molecular flexibility index (Phi) is 5.98. The van der Waals surface area contributed by atoms with Gasteiger partial charge in [-0.25, -0.2) is 18.6 Å². The topological polar surface area (TPSA) is 116 Å². The molecule has 3 aromatic rings. The van der Waals surface area contributed by atoms with Crippen molar-refractivity contribution >= 4 is 28.9 Å². The molecule has 0 radical (unpaired) electrons. The third-order valence-corrected chi connectivity index (χ3v) is 5.66. The number of nitrogen functional groups attached to an aromatic ring is 1. The Morgan fingerprint density at radius 1 is 1.29 bits per heavy atom. The predicted octanol–water partition coefficient (Wildman–Crippen LogP) is 3.28. The molecule has 1 unspecified atom stereocenters. The van der Waals surface area contributed by atoms with Crippen LogP contribution in [-0.4, -0.2) is 58.2 Å². The van der Waals surface area contributed by atoms with Crippen LogP contribution in [-0.2, 0) is 0 Å². The van der Waals surface area contributed by atoms with Crippen molar-refractivity contribution in [3.8, 4) is 23.3 Å². The van der Waals surface area contributed by atoms with Crippen molar-refractivity contribution in [1.82, 2.24) is 19.7 Å². The standard InChI is InChI=1S/C23H21F2N5O4/c1-4-12-10-27-22(26)18-15(28-30(21(12)18)13-7-8-29(11-13)23(31)32)6-5-14-19(24)16(33-2)9-17(34-3)20(14)25/h4,9-10,13H,1,7-8,11H2,2-3H3,(H2,26,27)(H,31,32). The van der Waals surface area contributed by atoms with Crippen molar-refractivity contribution in [3.63, 3.8) is 0 Å². The average Bonchev–Trinajstić information content (AvgIpc) is 3.46. The number of ether oxygens (including phenoxy) is 2. The highest BCUT2D eigenvalue weighted by molar-refractivity contribution is 5.98. The van der Waals surface area contributed by atoms with E-state index < -0.39 is 23.3 Å². The number of fused-ring (bicyclic) bond motifs is 1. The number of anilines is 1. The maximum atomic E-state index is 14.8. The zero-order chi connectivity index (χ0) is 24.6. The van der Waals surface area contributed by atoms with Gasteiger partial charge in [-0.1, -0.05) is 18.6 Å². The Hall–Kier alpha value is -4.33. The van der Waals surface area contributed by atoms with Crippen molar-refractivity contribution < 1.29 is 28.2 Å². The minimum Gasteiger partial charge on any atom is -0.493 e. The Morgan fingerprint density at radius 2 is 1.97 bits per heavy atom. The molecule has 1 fully saturated rings. The molecule has 3 heterocycles. The molecular weight excluding hydrogens is 448 g/mol. The van der Waals surface area contributed by atoms with E-state index in [1.807, 2.05) is 0 Å². The van der Waals surface area contributed by atoms with Crippen molar-refractivity contribution in [2.45, 2.75) is 12.5 Å². The smallest absolute Gasteiger partial charge is 0.407 e. The maximum absolute atomic E-state index is 14.8. The van der Waals surface area contributed by atoms with Crippen molar-refractivity contribution in [1.29, 1.82) is 0 Å². The highest BCUT2D eigenvalue weighted by atomic mass is 19.1. The summed E-state index contributed by atoms with van der Waals surface area (Å²) in [6.45, 7) is 4.35. The van der Waals surface area contributed by atoms with Crippen molar-refractivity contribution in [3.05, 3.63) is 47.3 Å². The van der Waals surface area contributed by atoms with Gasteiger partial charge < -0.3 is 25.2 Å². The number of nitrogens with zero attached hydrogens (tertiary/aromatic N) is 4. The number of likely N-dealkylation sites (tertiary alicyclic amines) is 1. The summed E-state index contributed by atoms with van der Waals surface area (Å²) in [6.07, 6.45) is 2.59. The number of hydrogen-bond donors (Lipinski definition) is 2. The number of methoxy groups -OCH3 is 2. The molecule has 3 N–H and O–H groups in total. The van der Waals surface area contributed by atoms with Crippen LogP contribution in [0.1, 0.15) is 29.3 Å². The van der Waals surface area contributed by atoms with E-state index in [0.29, 0.717) is 29.4 Å². The number of aromatic nitrogens is 3. The largest absolute Gasteiger partial charge is 0.493 e. The molecule has 1 aromatic carbocycles. The summed E-state index contributed by atoms with van der Waals surface area (Å²) in [7, 11) is 2.49. The van der Waals surface area contributed by atoms with Gasteiger partial charge in [-0.15, -0.1) is 0 Å². The molecule has 1 saturated heterocycles. The van der Waals surface area contributed by atoms with Crippen LogP contribution in [0.25, 0.3) is 17.0 Å². The van der Waals surface area contributed by atoms with Gasteiger partial charge in [0.15, 0.2) is 23.1 Å². The lowest BCUT2D eigenvalue weighted by Crippen LogP contribution is -2.27. The van der Waals surface area contributed by atoms with Crippen LogP contribution >= 0.6 is 0 Å². The van der Waals surface area contributed by atoms with Crippen LogP contribution in [0.4, 0.5) is 19.4 Å². The van der Waals surface area contributed by atoms with Gasteiger partial charge in [0.05, 0.1) is 31.2 Å². The highest BCUT2D eigenvalue weighted by Gasteiger charge is 2.30. The monoisotopic (exact) mass is 469 g/mol. The summed E-state index contributed by atoms with van der Waals surface area (Å²) in [4.78, 5) is 16.8. The van der Waals surface area contributed by atoms with Crippen LogP contribution in [0.15, 0.2) is 18.8 Å². The number of nitrogens with two attached hydrogens (primary N) is 1. The number of carbonyl (C=O) groups is 1. The number of halogens is 2. The predicted molar refractivity (Wildman–Crippen MR) is 121 cm³/mol. The van der Waals surface area contributed by atoms with E-state index in [1.165, 1.54) is 25.3 Å². The Labute approximate surface area is 193 Å². The molecule has 11 heteroatoms. The zero-order valence-corrected chi connectivity index (χ0v) is 18.4. The molecular formula is C23H21F2N5O4. The lowest BCUT2D eigenvalue weighted by molar-refractivity contribution is 0.154. The number of benzene rings is 1. The second kappa shape index (κ2) is 8.90. The third-order valence-electron chi connectivity index (χ3n) is 5.66. The minimum absolute atomic E-state index is 0.119. The first-order chi connectivity index (χ1) is 16.3. The number of pyridine rings is 1. The molecule has 9 nitrogen and oxygen atoms in total. The minimum atomic E-state index is -1.03. The molecule has 2 aromatic heterocycles. The van der Waals surface area contributed by atoms with E-state index in [9.17, 15) is 18.7 Å². The summed E-state index contributed by atoms with van der Waals surface area (Å²) in [5.41, 5.74) is 6.89. The van der Waals surface area contributed by atoms with E-state index >= 15 is 0 Å². The van der Waals surface area contributed by atoms with Crippen molar-refractivity contribution in [2.24, 2.45) is 0 Å². The second-order valence-electron chi connectivity index (χ2n) is 7.52. The quantitative estimate of drug-likeness (QED) is 0.564. The molecule has 0 aliphatic carbocycles. The first-order valence-corrected chi connectivity index (χ1v) is 10.2. The summed E-state index contributed by atoms with van der Waals surface area (Å²) in [6, 6.07) is 0.798. The molecule has 0 bridgehead atoms. The summed E-state index contributed by atoms with van der Waals surface area (Å²) in [5, 5.41) is 14.3. The Bertz CT molecular complexity index is 1350. The fraction of sp³-hybridized carbons (Fsp3) is 0.261. The van der Waals surface area contributed by atoms with Gasteiger partial charge in [0.25, 0.3) is 0 Å². The molecule has 0 saturated carbocycles. The van der Waals surface area contributed by atoms with Crippen LogP contribution in [0.3, 0.4) is 0 Å². The van der Waals surface area contributed by atoms with E-state index in [2.05, 4.69) is 28.5 Å². The van der Waals surface area contributed by atoms with Crippen LogP contribution < -0.4 is 15.2 Å². The molecule has 1 atom stereocenters. The van der Waals surface area contributed by atoms with Gasteiger partial charge in [-0.3, -0.25) is 4.68 Å². The maximum Gasteiger partial charge on any atom is 0.407 e. The van der Waals surface area contributed by atoms with E-state index in [0.717, 1.165) is 6.07 Å². The van der Waals surface area contributed by atoms with Gasteiger partial charge in [0.1, 0.15) is 17.1 Å². The third kappa shape index (κ3) is 3.73. The lowest BCUT2D eigenvalue weighted by atomic mass is 10.1. The first kappa shape index (κ1) is 22.8. The molecule has 1 aliphatic heterocycles. The summed E-state index contributed by atoms with van der Waals surface area (Å²) in [5.74, 6) is 2.88.